The number of sulfone groups is 2. The first-order chi connectivity index (χ1) is 17.6. The van der Waals surface area contributed by atoms with Gasteiger partial charge in [-0.05, 0) is 42.8 Å². The van der Waals surface area contributed by atoms with Crippen LogP contribution in [0.2, 0.25) is 0 Å². The van der Waals surface area contributed by atoms with E-state index in [4.69, 9.17) is 0 Å². The predicted octanol–water partition coefficient (Wildman–Crippen LogP) is 4.90. The Bertz CT molecular complexity index is 1440. The maximum absolute atomic E-state index is 12.4. The molecule has 1 atom stereocenters. The highest BCUT2D eigenvalue weighted by Gasteiger charge is 2.30. The molecule has 0 aromatic carbocycles. The Labute approximate surface area is 226 Å². The molecule has 0 saturated heterocycles. The highest BCUT2D eigenvalue weighted by Crippen LogP contribution is 2.37. The number of rotatable bonds is 8. The maximum Gasteiger partial charge on any atom is 0.158 e. The Kier molecular flexibility index (Phi) is 10.4. The first-order valence-electron chi connectivity index (χ1n) is 11.4. The number of nitrogens with zero attached hydrogens (tertiary/aromatic N) is 4. The van der Waals surface area contributed by atoms with Crippen LogP contribution in [0, 0.1) is 0 Å². The summed E-state index contributed by atoms with van der Waals surface area (Å²) in [5.74, 6) is 0.329. The smallest absolute Gasteiger partial charge is 0.158 e. The molecule has 1 aliphatic rings. The lowest BCUT2D eigenvalue weighted by atomic mass is 10.1. The quantitative estimate of drug-likeness (QED) is 0.345. The SMILES string of the molecule is CCS(=O)(=O)C1CC=CN=C1c1ccc(SSc2ccc(-c3ccccn3)nc2)cn1.CCS(C)(=O)=O. The molecule has 0 saturated carbocycles. The summed E-state index contributed by atoms with van der Waals surface area (Å²) in [5.41, 5.74) is 2.79. The second-order valence-corrected chi connectivity index (χ2v) is 15.1. The Morgan fingerprint density at radius 3 is 1.89 bits per heavy atom. The van der Waals surface area contributed by atoms with Crippen molar-refractivity contribution in [2.75, 3.05) is 17.8 Å². The minimum absolute atomic E-state index is 0.0856. The van der Waals surface area contributed by atoms with Gasteiger partial charge in [0.25, 0.3) is 0 Å². The van der Waals surface area contributed by atoms with Crippen molar-refractivity contribution in [1.29, 1.82) is 0 Å². The number of pyridine rings is 3. The predicted molar refractivity (Wildman–Crippen MR) is 152 cm³/mol. The molecular formula is C25H28N4O4S4. The molecule has 0 fully saturated rings. The van der Waals surface area contributed by atoms with E-state index in [-0.39, 0.29) is 11.5 Å². The van der Waals surface area contributed by atoms with Crippen LogP contribution in [0.25, 0.3) is 11.4 Å². The van der Waals surface area contributed by atoms with Crippen LogP contribution in [0.3, 0.4) is 0 Å². The van der Waals surface area contributed by atoms with Crippen LogP contribution in [0.15, 0.2) is 88.1 Å². The van der Waals surface area contributed by atoms with Crippen molar-refractivity contribution in [3.8, 4) is 11.4 Å². The van der Waals surface area contributed by atoms with E-state index >= 15 is 0 Å². The molecule has 37 heavy (non-hydrogen) atoms. The van der Waals surface area contributed by atoms with Crippen molar-refractivity contribution >= 4 is 47.0 Å². The zero-order valence-electron chi connectivity index (χ0n) is 20.7. The molecule has 3 aromatic rings. The summed E-state index contributed by atoms with van der Waals surface area (Å²) >= 11 is 0. The monoisotopic (exact) mass is 576 g/mol. The van der Waals surface area contributed by atoms with Gasteiger partial charge in [-0.1, -0.05) is 47.6 Å². The van der Waals surface area contributed by atoms with Crippen LogP contribution in [0.4, 0.5) is 0 Å². The summed E-state index contributed by atoms with van der Waals surface area (Å²) in [7, 11) is -2.75. The van der Waals surface area contributed by atoms with Crippen molar-refractivity contribution in [2.45, 2.75) is 35.3 Å². The van der Waals surface area contributed by atoms with Crippen LogP contribution in [0.5, 0.6) is 0 Å². The average Bonchev–Trinajstić information content (AvgIpc) is 2.93. The van der Waals surface area contributed by atoms with Crippen molar-refractivity contribution in [3.63, 3.8) is 0 Å². The highest BCUT2D eigenvalue weighted by atomic mass is 33.1. The molecule has 4 heterocycles. The van der Waals surface area contributed by atoms with Gasteiger partial charge >= 0.3 is 0 Å². The van der Waals surface area contributed by atoms with E-state index in [1.807, 2.05) is 48.7 Å². The summed E-state index contributed by atoms with van der Waals surface area (Å²) in [6, 6.07) is 13.5. The van der Waals surface area contributed by atoms with Crippen LogP contribution >= 0.6 is 21.6 Å². The molecule has 0 amide bonds. The van der Waals surface area contributed by atoms with Crippen LogP contribution in [-0.4, -0.2) is 60.5 Å². The molecule has 0 N–H and O–H groups in total. The lowest BCUT2D eigenvalue weighted by molar-refractivity contribution is 0.591. The van der Waals surface area contributed by atoms with Gasteiger partial charge in [-0.15, -0.1) is 0 Å². The largest absolute Gasteiger partial charge is 0.258 e. The molecule has 12 heteroatoms. The van der Waals surface area contributed by atoms with Gasteiger partial charge in [0.1, 0.15) is 15.1 Å². The van der Waals surface area contributed by atoms with E-state index in [1.54, 1.807) is 60.1 Å². The van der Waals surface area contributed by atoms with Gasteiger partial charge in [0.05, 0.1) is 22.8 Å². The molecule has 1 unspecified atom stereocenters. The fourth-order valence-electron chi connectivity index (χ4n) is 3.03. The van der Waals surface area contributed by atoms with Gasteiger partial charge in [0.2, 0.25) is 0 Å². The maximum atomic E-state index is 12.4. The topological polar surface area (TPSA) is 119 Å². The van der Waals surface area contributed by atoms with E-state index in [0.29, 0.717) is 17.8 Å². The zero-order valence-corrected chi connectivity index (χ0v) is 23.9. The van der Waals surface area contributed by atoms with Crippen LogP contribution in [0.1, 0.15) is 26.0 Å². The first-order valence-corrected chi connectivity index (χ1v) is 17.4. The van der Waals surface area contributed by atoms with Crippen molar-refractivity contribution < 1.29 is 16.8 Å². The molecule has 4 rings (SSSR count). The summed E-state index contributed by atoms with van der Waals surface area (Å²) in [4.78, 5) is 19.6. The van der Waals surface area contributed by atoms with E-state index in [2.05, 4.69) is 19.9 Å². The molecule has 1 aliphatic heterocycles. The molecule has 8 nitrogen and oxygen atoms in total. The third-order valence-electron chi connectivity index (χ3n) is 5.23. The third kappa shape index (κ3) is 8.77. The van der Waals surface area contributed by atoms with Gasteiger partial charge in [0, 0.05) is 52.3 Å². The molecule has 196 valence electrons. The molecule has 0 bridgehead atoms. The number of aliphatic imine (C=N–C) groups is 1. The summed E-state index contributed by atoms with van der Waals surface area (Å²) in [6.45, 7) is 3.28. The Morgan fingerprint density at radius 1 is 0.811 bits per heavy atom. The average molecular weight is 577 g/mol. The van der Waals surface area contributed by atoms with Crippen molar-refractivity contribution in [2.24, 2.45) is 4.99 Å². The molecule has 0 aliphatic carbocycles. The number of aromatic nitrogens is 3. The molecule has 3 aromatic heterocycles. The number of hydrogen-bond acceptors (Lipinski definition) is 10. The van der Waals surface area contributed by atoms with Crippen molar-refractivity contribution in [1.82, 2.24) is 15.0 Å². The summed E-state index contributed by atoms with van der Waals surface area (Å²) < 4.78 is 44.8. The second-order valence-electron chi connectivity index (χ2n) is 7.93. The van der Waals surface area contributed by atoms with E-state index < -0.39 is 24.9 Å². The lowest BCUT2D eigenvalue weighted by Gasteiger charge is -2.19. The standard InChI is InChI=1S/C22H20N4O2S3.C3H8O2S/c1-2-31(27,28)21-7-5-13-24-22(21)20-11-9-17(15-26-20)30-29-16-8-10-19(25-14-16)18-6-3-4-12-23-18;1-3-6(2,4)5/h3-6,8-15,21H,2,7H2,1H3;3H2,1-2H3. The Morgan fingerprint density at radius 2 is 1.41 bits per heavy atom. The fraction of sp³-hybridized carbons (Fsp3) is 0.280. The molecular weight excluding hydrogens is 549 g/mol. The van der Waals surface area contributed by atoms with E-state index in [9.17, 15) is 16.8 Å². The Hall–Kier alpha value is -2.54. The van der Waals surface area contributed by atoms with E-state index in [1.165, 1.54) is 6.26 Å². The molecule has 0 spiro atoms. The highest BCUT2D eigenvalue weighted by molar-refractivity contribution is 8.76. The second kappa shape index (κ2) is 13.3. The number of hydrogen-bond donors (Lipinski definition) is 0. The first kappa shape index (κ1) is 29.0. The van der Waals surface area contributed by atoms with Gasteiger partial charge in [-0.3, -0.25) is 19.9 Å². The minimum Gasteiger partial charge on any atom is -0.258 e. The molecule has 0 radical (unpaired) electrons. The lowest BCUT2D eigenvalue weighted by Crippen LogP contribution is -2.33. The van der Waals surface area contributed by atoms with Crippen LogP contribution in [-0.2, 0) is 19.7 Å². The van der Waals surface area contributed by atoms with Gasteiger partial charge in [0.15, 0.2) is 9.84 Å². The Balaban J connectivity index is 0.000000568. The number of allylic oxidation sites excluding steroid dienone is 1. The summed E-state index contributed by atoms with van der Waals surface area (Å²) in [6.07, 6.45) is 10.4. The fourth-order valence-corrected chi connectivity index (χ4v) is 6.16. The van der Waals surface area contributed by atoms with E-state index in [0.717, 1.165) is 21.2 Å². The summed E-state index contributed by atoms with van der Waals surface area (Å²) in [5, 5.41) is -0.633. The van der Waals surface area contributed by atoms with Crippen molar-refractivity contribution in [3.05, 3.63) is 79.0 Å². The normalized spacial score (nSPS) is 15.4. The van der Waals surface area contributed by atoms with Gasteiger partial charge < -0.3 is 0 Å². The van der Waals surface area contributed by atoms with Gasteiger partial charge in [-0.25, -0.2) is 16.8 Å². The van der Waals surface area contributed by atoms with Gasteiger partial charge in [-0.2, -0.15) is 0 Å². The van der Waals surface area contributed by atoms with Crippen LogP contribution < -0.4 is 0 Å². The third-order valence-corrected chi connectivity index (χ3v) is 10.7. The zero-order chi connectivity index (χ0) is 26.9. The minimum atomic E-state index is -3.24.